The fourth-order valence-electron chi connectivity index (χ4n) is 1.36. The molecule has 4 nitrogen and oxygen atoms in total. The van der Waals surface area contributed by atoms with E-state index in [4.69, 9.17) is 11.3 Å². The van der Waals surface area contributed by atoms with Gasteiger partial charge in [0.05, 0.1) is 5.69 Å². The molecule has 1 aromatic carbocycles. The molecule has 0 saturated carbocycles. The van der Waals surface area contributed by atoms with Gasteiger partial charge in [0.1, 0.15) is 5.84 Å². The average Bonchev–Trinajstić information content (AvgIpc) is 2.39. The average molecular weight is 212 g/mol. The standard InChI is InChI=1S/C12H12N4/c13-12(10-5-4-8-15-9-10)16(14)11-6-2-1-3-7-11/h1-9,13H,14H2. The Bertz CT molecular complexity index is 467. The maximum atomic E-state index is 7.93. The number of hydrazine groups is 1. The maximum absolute atomic E-state index is 7.93. The number of hydrogen-bond acceptors (Lipinski definition) is 3. The lowest BCUT2D eigenvalue weighted by atomic mass is 10.2. The highest BCUT2D eigenvalue weighted by atomic mass is 15.4. The highest BCUT2D eigenvalue weighted by molar-refractivity contribution is 6.06. The third-order valence-corrected chi connectivity index (χ3v) is 2.21. The molecule has 1 heterocycles. The molecule has 0 aliphatic heterocycles. The third kappa shape index (κ3) is 2.07. The van der Waals surface area contributed by atoms with Gasteiger partial charge in [-0.25, -0.2) is 5.84 Å². The first-order valence-corrected chi connectivity index (χ1v) is 4.88. The number of nitrogens with zero attached hydrogens (tertiary/aromatic N) is 2. The predicted molar refractivity (Wildman–Crippen MR) is 64.2 cm³/mol. The van der Waals surface area contributed by atoms with Crippen LogP contribution in [0.1, 0.15) is 5.56 Å². The van der Waals surface area contributed by atoms with Crippen molar-refractivity contribution in [3.8, 4) is 0 Å². The van der Waals surface area contributed by atoms with Crippen LogP contribution in [0, 0.1) is 5.41 Å². The quantitative estimate of drug-likeness (QED) is 0.345. The van der Waals surface area contributed by atoms with Crippen LogP contribution in [-0.2, 0) is 0 Å². The predicted octanol–water partition coefficient (Wildman–Crippen LogP) is 1.79. The number of amidine groups is 1. The number of anilines is 1. The molecule has 0 aliphatic carbocycles. The van der Waals surface area contributed by atoms with E-state index in [1.165, 1.54) is 5.01 Å². The van der Waals surface area contributed by atoms with Gasteiger partial charge in [-0.15, -0.1) is 0 Å². The van der Waals surface area contributed by atoms with E-state index in [1.807, 2.05) is 30.3 Å². The van der Waals surface area contributed by atoms with Gasteiger partial charge in [-0.2, -0.15) is 0 Å². The Balaban J connectivity index is 2.24. The van der Waals surface area contributed by atoms with Crippen molar-refractivity contribution in [2.45, 2.75) is 0 Å². The topological polar surface area (TPSA) is 66.0 Å². The lowest BCUT2D eigenvalue weighted by Gasteiger charge is -2.18. The first-order chi connectivity index (χ1) is 7.79. The molecule has 3 N–H and O–H groups in total. The van der Waals surface area contributed by atoms with E-state index < -0.39 is 0 Å². The van der Waals surface area contributed by atoms with Crippen LogP contribution >= 0.6 is 0 Å². The van der Waals surface area contributed by atoms with Crippen LogP contribution in [0.15, 0.2) is 54.9 Å². The highest BCUT2D eigenvalue weighted by Gasteiger charge is 2.09. The molecule has 0 saturated heterocycles. The zero-order chi connectivity index (χ0) is 11.4. The molecule has 4 heteroatoms. The number of hydrogen-bond donors (Lipinski definition) is 2. The summed E-state index contributed by atoms with van der Waals surface area (Å²) in [6.45, 7) is 0. The van der Waals surface area contributed by atoms with Crippen LogP contribution in [0.3, 0.4) is 0 Å². The smallest absolute Gasteiger partial charge is 0.148 e. The van der Waals surface area contributed by atoms with Gasteiger partial charge in [-0.1, -0.05) is 18.2 Å². The number of aromatic nitrogens is 1. The Morgan fingerprint density at radius 3 is 2.50 bits per heavy atom. The minimum atomic E-state index is 0.222. The Morgan fingerprint density at radius 2 is 1.88 bits per heavy atom. The van der Waals surface area contributed by atoms with Gasteiger partial charge in [0.25, 0.3) is 0 Å². The van der Waals surface area contributed by atoms with Gasteiger partial charge in [-0.3, -0.25) is 15.4 Å². The van der Waals surface area contributed by atoms with Gasteiger partial charge >= 0.3 is 0 Å². The SMILES string of the molecule is N=C(c1cccnc1)N(N)c1ccccc1. The Labute approximate surface area is 93.8 Å². The molecule has 0 radical (unpaired) electrons. The summed E-state index contributed by atoms with van der Waals surface area (Å²) in [6.07, 6.45) is 3.28. The van der Waals surface area contributed by atoms with Gasteiger partial charge in [0.2, 0.25) is 0 Å². The van der Waals surface area contributed by atoms with Gasteiger partial charge in [-0.05, 0) is 24.3 Å². The summed E-state index contributed by atoms with van der Waals surface area (Å²) in [7, 11) is 0. The van der Waals surface area contributed by atoms with Crippen LogP contribution in [0.4, 0.5) is 5.69 Å². The molecule has 0 unspecified atom stereocenters. The van der Waals surface area contributed by atoms with Crippen molar-refractivity contribution in [1.82, 2.24) is 4.98 Å². The zero-order valence-electron chi connectivity index (χ0n) is 8.67. The van der Waals surface area contributed by atoms with Gasteiger partial charge < -0.3 is 0 Å². The summed E-state index contributed by atoms with van der Waals surface area (Å²) in [5, 5.41) is 9.26. The molecular formula is C12H12N4. The minimum Gasteiger partial charge on any atom is -0.283 e. The van der Waals surface area contributed by atoms with Crippen molar-refractivity contribution in [1.29, 1.82) is 5.41 Å². The van der Waals surface area contributed by atoms with Gasteiger partial charge in [0, 0.05) is 18.0 Å². The second-order valence-electron chi connectivity index (χ2n) is 3.30. The van der Waals surface area contributed by atoms with Crippen molar-refractivity contribution < 1.29 is 0 Å². The molecule has 0 spiro atoms. The summed E-state index contributed by atoms with van der Waals surface area (Å²) < 4.78 is 0. The zero-order valence-corrected chi connectivity index (χ0v) is 8.67. The lowest BCUT2D eigenvalue weighted by Crippen LogP contribution is -2.37. The van der Waals surface area contributed by atoms with E-state index in [1.54, 1.807) is 24.5 Å². The second-order valence-corrected chi connectivity index (χ2v) is 3.30. The molecule has 0 atom stereocenters. The molecule has 2 aromatic rings. The summed E-state index contributed by atoms with van der Waals surface area (Å²) >= 11 is 0. The first-order valence-electron chi connectivity index (χ1n) is 4.88. The fraction of sp³-hybridized carbons (Fsp3) is 0. The van der Waals surface area contributed by atoms with Gasteiger partial charge in [0.15, 0.2) is 0 Å². The molecule has 2 rings (SSSR count). The molecule has 0 aliphatic rings. The fourth-order valence-corrected chi connectivity index (χ4v) is 1.36. The number of rotatable bonds is 2. The number of nitrogens with one attached hydrogen (secondary N) is 1. The van der Waals surface area contributed by atoms with E-state index in [9.17, 15) is 0 Å². The molecule has 80 valence electrons. The van der Waals surface area contributed by atoms with Crippen LogP contribution in [0.2, 0.25) is 0 Å². The summed E-state index contributed by atoms with van der Waals surface area (Å²) in [5.41, 5.74) is 1.46. The second kappa shape index (κ2) is 4.55. The number of benzene rings is 1. The maximum Gasteiger partial charge on any atom is 0.148 e. The Hall–Kier alpha value is -2.20. The van der Waals surface area contributed by atoms with Crippen LogP contribution in [-0.4, -0.2) is 10.8 Å². The van der Waals surface area contributed by atoms with Crippen LogP contribution in [0.5, 0.6) is 0 Å². The summed E-state index contributed by atoms with van der Waals surface area (Å²) in [6, 6.07) is 13.0. The number of para-hydroxylation sites is 1. The van der Waals surface area contributed by atoms with Crippen LogP contribution < -0.4 is 10.9 Å². The van der Waals surface area contributed by atoms with E-state index in [-0.39, 0.29) is 5.84 Å². The monoisotopic (exact) mass is 212 g/mol. The number of pyridine rings is 1. The summed E-state index contributed by atoms with van der Waals surface area (Å²) in [5.74, 6) is 6.07. The lowest BCUT2D eigenvalue weighted by molar-refractivity contribution is 1.10. The highest BCUT2D eigenvalue weighted by Crippen LogP contribution is 2.12. The molecule has 1 aromatic heterocycles. The van der Waals surface area contributed by atoms with E-state index in [0.717, 1.165) is 5.69 Å². The molecule has 0 bridgehead atoms. The van der Waals surface area contributed by atoms with E-state index in [0.29, 0.717) is 5.56 Å². The van der Waals surface area contributed by atoms with Crippen molar-refractivity contribution >= 4 is 11.5 Å². The van der Waals surface area contributed by atoms with E-state index >= 15 is 0 Å². The Kier molecular flexibility index (Phi) is 2.93. The minimum absolute atomic E-state index is 0.222. The number of nitrogens with two attached hydrogens (primary N) is 1. The van der Waals surface area contributed by atoms with Crippen LogP contribution in [0.25, 0.3) is 0 Å². The Morgan fingerprint density at radius 1 is 1.12 bits per heavy atom. The summed E-state index contributed by atoms with van der Waals surface area (Å²) in [4.78, 5) is 3.96. The molecule has 16 heavy (non-hydrogen) atoms. The largest absolute Gasteiger partial charge is 0.283 e. The third-order valence-electron chi connectivity index (χ3n) is 2.21. The van der Waals surface area contributed by atoms with Crippen molar-refractivity contribution in [2.24, 2.45) is 5.84 Å². The normalized spacial score (nSPS) is 9.81. The molecule has 0 fully saturated rings. The van der Waals surface area contributed by atoms with Crippen molar-refractivity contribution in [2.75, 3.05) is 5.01 Å². The molecule has 0 amide bonds. The van der Waals surface area contributed by atoms with Crippen molar-refractivity contribution in [3.05, 3.63) is 60.4 Å². The van der Waals surface area contributed by atoms with E-state index in [2.05, 4.69) is 4.98 Å². The first kappa shape index (κ1) is 10.3. The van der Waals surface area contributed by atoms with Crippen molar-refractivity contribution in [3.63, 3.8) is 0 Å². The molecular weight excluding hydrogens is 200 g/mol.